The van der Waals surface area contributed by atoms with Crippen molar-refractivity contribution < 1.29 is 17.9 Å². The Balaban J connectivity index is 1.58. The van der Waals surface area contributed by atoms with E-state index in [4.69, 9.17) is 4.74 Å². The van der Waals surface area contributed by atoms with Gasteiger partial charge in [0.2, 0.25) is 0 Å². The van der Waals surface area contributed by atoms with Gasteiger partial charge in [0.25, 0.3) is 5.91 Å². The second-order valence-electron chi connectivity index (χ2n) is 6.75. The third kappa shape index (κ3) is 3.43. The molecule has 144 valence electrons. The normalized spacial score (nSPS) is 14.1. The van der Waals surface area contributed by atoms with Crippen LogP contribution < -0.4 is 10.1 Å². The molecule has 0 fully saturated rings. The SMILES string of the molecule is COc1ccc(CNC(=O)c2cc3c(s2)-c2ccc(C)cc2S(=O)(=O)C3)cc1. The molecule has 1 N–H and O–H groups in total. The number of hydrogen-bond donors (Lipinski definition) is 1. The summed E-state index contributed by atoms with van der Waals surface area (Å²) in [5.74, 6) is 0.485. The van der Waals surface area contributed by atoms with Crippen LogP contribution in [0.15, 0.2) is 53.4 Å². The van der Waals surface area contributed by atoms with Gasteiger partial charge in [0.15, 0.2) is 9.84 Å². The van der Waals surface area contributed by atoms with E-state index in [0.29, 0.717) is 27.4 Å². The number of carbonyl (C=O) groups is 1. The van der Waals surface area contributed by atoms with Gasteiger partial charge in [-0.1, -0.05) is 24.3 Å². The molecule has 0 saturated carbocycles. The second-order valence-corrected chi connectivity index (χ2v) is 9.76. The third-order valence-corrected chi connectivity index (χ3v) is 7.62. The Morgan fingerprint density at radius 3 is 2.61 bits per heavy atom. The number of ether oxygens (including phenoxy) is 1. The van der Waals surface area contributed by atoms with Gasteiger partial charge in [-0.05, 0) is 47.9 Å². The highest BCUT2D eigenvalue weighted by atomic mass is 32.2. The number of amides is 1. The Labute approximate surface area is 167 Å². The molecule has 1 aliphatic heterocycles. The number of fused-ring (bicyclic) bond motifs is 3. The van der Waals surface area contributed by atoms with Gasteiger partial charge in [0.1, 0.15) is 5.75 Å². The molecule has 2 heterocycles. The second kappa shape index (κ2) is 7.07. The average molecular weight is 414 g/mol. The van der Waals surface area contributed by atoms with Crippen molar-refractivity contribution >= 4 is 27.1 Å². The van der Waals surface area contributed by atoms with E-state index >= 15 is 0 Å². The molecular formula is C21H19NO4S2. The lowest BCUT2D eigenvalue weighted by molar-refractivity contribution is 0.0955. The van der Waals surface area contributed by atoms with E-state index in [9.17, 15) is 13.2 Å². The van der Waals surface area contributed by atoms with Crippen LogP contribution in [0.2, 0.25) is 0 Å². The van der Waals surface area contributed by atoms with E-state index in [2.05, 4.69) is 5.32 Å². The summed E-state index contributed by atoms with van der Waals surface area (Å²) in [6.07, 6.45) is 0. The predicted octanol–water partition coefficient (Wildman–Crippen LogP) is 3.95. The standard InChI is InChI=1S/C21H19NO4S2/c1-13-3-8-17-19(9-13)28(24,25)12-15-10-18(27-20(15)17)21(23)22-11-14-4-6-16(26-2)7-5-14/h3-10H,11-12H2,1-2H3,(H,22,23). The zero-order valence-electron chi connectivity index (χ0n) is 15.5. The fourth-order valence-electron chi connectivity index (χ4n) is 3.25. The van der Waals surface area contributed by atoms with E-state index in [1.807, 2.05) is 43.3 Å². The highest BCUT2D eigenvalue weighted by Gasteiger charge is 2.30. The molecule has 3 aromatic rings. The van der Waals surface area contributed by atoms with E-state index in [1.54, 1.807) is 19.2 Å². The van der Waals surface area contributed by atoms with Crippen LogP contribution in [0.25, 0.3) is 10.4 Å². The molecule has 0 atom stereocenters. The molecule has 7 heteroatoms. The Kier molecular flexibility index (Phi) is 4.72. The average Bonchev–Trinajstić information content (AvgIpc) is 3.10. The minimum absolute atomic E-state index is 0.0684. The molecule has 2 aromatic carbocycles. The van der Waals surface area contributed by atoms with Gasteiger partial charge < -0.3 is 10.1 Å². The Morgan fingerprint density at radius 2 is 1.89 bits per heavy atom. The van der Waals surface area contributed by atoms with Crippen molar-refractivity contribution in [3.8, 4) is 16.2 Å². The van der Waals surface area contributed by atoms with Gasteiger partial charge in [-0.25, -0.2) is 8.42 Å². The van der Waals surface area contributed by atoms with Gasteiger partial charge in [-0.15, -0.1) is 11.3 Å². The van der Waals surface area contributed by atoms with Crippen LogP contribution in [0.3, 0.4) is 0 Å². The number of aryl methyl sites for hydroxylation is 1. The summed E-state index contributed by atoms with van der Waals surface area (Å²) in [5, 5.41) is 2.90. The molecule has 28 heavy (non-hydrogen) atoms. The van der Waals surface area contributed by atoms with E-state index in [1.165, 1.54) is 11.3 Å². The molecule has 0 spiro atoms. The minimum atomic E-state index is -3.39. The maximum Gasteiger partial charge on any atom is 0.261 e. The molecule has 1 amide bonds. The lowest BCUT2D eigenvalue weighted by atomic mass is 10.1. The molecule has 0 unspecified atom stereocenters. The highest BCUT2D eigenvalue weighted by Crippen LogP contribution is 2.43. The summed E-state index contributed by atoms with van der Waals surface area (Å²) in [5.41, 5.74) is 3.24. The number of benzene rings is 2. The van der Waals surface area contributed by atoms with Crippen LogP contribution in [0, 0.1) is 6.92 Å². The maximum absolute atomic E-state index is 12.6. The van der Waals surface area contributed by atoms with Crippen LogP contribution in [0.5, 0.6) is 5.75 Å². The van der Waals surface area contributed by atoms with Gasteiger partial charge in [-0.3, -0.25) is 4.79 Å². The molecule has 1 aromatic heterocycles. The quantitative estimate of drug-likeness (QED) is 0.703. The summed E-state index contributed by atoms with van der Waals surface area (Å²) < 4.78 is 30.4. The first kappa shape index (κ1) is 18.7. The van der Waals surface area contributed by atoms with Crippen molar-refractivity contribution in [2.75, 3.05) is 7.11 Å². The zero-order valence-corrected chi connectivity index (χ0v) is 17.1. The molecule has 1 aliphatic rings. The van der Waals surface area contributed by atoms with Crippen molar-refractivity contribution in [3.05, 3.63) is 70.1 Å². The monoisotopic (exact) mass is 413 g/mol. The van der Waals surface area contributed by atoms with Crippen molar-refractivity contribution in [3.63, 3.8) is 0 Å². The predicted molar refractivity (Wildman–Crippen MR) is 110 cm³/mol. The van der Waals surface area contributed by atoms with Gasteiger partial charge in [0.05, 0.1) is 22.6 Å². The number of methoxy groups -OCH3 is 1. The highest BCUT2D eigenvalue weighted by molar-refractivity contribution is 7.91. The van der Waals surface area contributed by atoms with Crippen molar-refractivity contribution in [1.82, 2.24) is 5.32 Å². The summed E-state index contributed by atoms with van der Waals surface area (Å²) in [6.45, 7) is 2.26. The molecule has 5 nitrogen and oxygen atoms in total. The zero-order chi connectivity index (χ0) is 19.9. The lowest BCUT2D eigenvalue weighted by Gasteiger charge is -2.17. The van der Waals surface area contributed by atoms with Crippen molar-refractivity contribution in [2.45, 2.75) is 24.1 Å². The number of sulfone groups is 1. The van der Waals surface area contributed by atoms with Crippen LogP contribution in [-0.4, -0.2) is 21.4 Å². The van der Waals surface area contributed by atoms with Gasteiger partial charge >= 0.3 is 0 Å². The Morgan fingerprint density at radius 1 is 1.14 bits per heavy atom. The first-order valence-electron chi connectivity index (χ1n) is 8.75. The number of rotatable bonds is 4. The van der Waals surface area contributed by atoms with Crippen LogP contribution in [0.4, 0.5) is 0 Å². The summed E-state index contributed by atoms with van der Waals surface area (Å²) in [6, 6.07) is 14.6. The molecular weight excluding hydrogens is 394 g/mol. The number of carbonyl (C=O) groups excluding carboxylic acids is 1. The number of hydrogen-bond acceptors (Lipinski definition) is 5. The number of nitrogens with one attached hydrogen (secondary N) is 1. The summed E-state index contributed by atoms with van der Waals surface area (Å²) in [4.78, 5) is 14.3. The van der Waals surface area contributed by atoms with Crippen LogP contribution in [0.1, 0.15) is 26.4 Å². The minimum Gasteiger partial charge on any atom is -0.497 e. The molecule has 4 rings (SSSR count). The smallest absolute Gasteiger partial charge is 0.261 e. The van der Waals surface area contributed by atoms with Crippen molar-refractivity contribution in [2.24, 2.45) is 0 Å². The first-order valence-corrected chi connectivity index (χ1v) is 11.2. The van der Waals surface area contributed by atoms with E-state index < -0.39 is 9.84 Å². The largest absolute Gasteiger partial charge is 0.497 e. The molecule has 0 radical (unpaired) electrons. The maximum atomic E-state index is 12.6. The summed E-state index contributed by atoms with van der Waals surface area (Å²) in [7, 11) is -1.78. The fraction of sp³-hybridized carbons (Fsp3) is 0.190. The van der Waals surface area contributed by atoms with Crippen LogP contribution >= 0.6 is 11.3 Å². The fourth-order valence-corrected chi connectivity index (χ4v) is 6.20. The summed E-state index contributed by atoms with van der Waals surface area (Å²) >= 11 is 1.34. The Bertz CT molecular complexity index is 1160. The first-order chi connectivity index (χ1) is 13.4. The topological polar surface area (TPSA) is 72.5 Å². The van der Waals surface area contributed by atoms with Gasteiger partial charge in [-0.2, -0.15) is 0 Å². The van der Waals surface area contributed by atoms with E-state index in [-0.39, 0.29) is 11.7 Å². The Hall–Kier alpha value is -2.64. The molecule has 0 bridgehead atoms. The number of thiophene rings is 1. The molecule has 0 aliphatic carbocycles. The van der Waals surface area contributed by atoms with Crippen molar-refractivity contribution in [1.29, 1.82) is 0 Å². The van der Waals surface area contributed by atoms with Crippen LogP contribution in [-0.2, 0) is 22.1 Å². The van der Waals surface area contributed by atoms with Gasteiger partial charge in [0, 0.05) is 17.0 Å². The van der Waals surface area contributed by atoms with E-state index in [0.717, 1.165) is 21.8 Å². The lowest BCUT2D eigenvalue weighted by Crippen LogP contribution is -2.21. The molecule has 0 saturated heterocycles. The third-order valence-electron chi connectivity index (χ3n) is 4.71.